The third kappa shape index (κ3) is 2.55. The molecule has 0 aliphatic heterocycles. The standard InChI is InChI=1S/C16H16N4O5/c1-23-11-7-5-8(12(24-2)13(11)25-3)9-4-6-10(15(21)22)20-14(9)18-16(17)19-20/h4-7H,1-3H3,(H2,17,19)(H,21,22). The van der Waals surface area contributed by atoms with Crippen LogP contribution in [0.2, 0.25) is 0 Å². The third-order valence-corrected chi connectivity index (χ3v) is 3.71. The number of rotatable bonds is 5. The van der Waals surface area contributed by atoms with E-state index in [-0.39, 0.29) is 11.6 Å². The van der Waals surface area contributed by atoms with Crippen molar-refractivity contribution < 1.29 is 24.1 Å². The first-order valence-electron chi connectivity index (χ1n) is 7.19. The van der Waals surface area contributed by atoms with Crippen LogP contribution in [0.5, 0.6) is 17.2 Å². The molecule has 0 amide bonds. The summed E-state index contributed by atoms with van der Waals surface area (Å²) in [7, 11) is 4.53. The van der Waals surface area contributed by atoms with Crippen molar-refractivity contribution in [2.24, 2.45) is 0 Å². The number of fused-ring (bicyclic) bond motifs is 1. The van der Waals surface area contributed by atoms with Crippen LogP contribution in [0.1, 0.15) is 10.5 Å². The number of benzene rings is 1. The zero-order valence-electron chi connectivity index (χ0n) is 13.8. The van der Waals surface area contributed by atoms with E-state index < -0.39 is 5.97 Å². The van der Waals surface area contributed by atoms with Gasteiger partial charge in [-0.15, -0.1) is 5.10 Å². The molecule has 0 bridgehead atoms. The number of carboxylic acids is 1. The first kappa shape index (κ1) is 16.4. The van der Waals surface area contributed by atoms with Crippen LogP contribution in [0.25, 0.3) is 16.8 Å². The molecule has 2 aromatic heterocycles. The molecule has 0 fully saturated rings. The van der Waals surface area contributed by atoms with Crippen molar-refractivity contribution in [3.63, 3.8) is 0 Å². The summed E-state index contributed by atoms with van der Waals surface area (Å²) >= 11 is 0. The van der Waals surface area contributed by atoms with Gasteiger partial charge in [0.1, 0.15) is 0 Å². The lowest BCUT2D eigenvalue weighted by Gasteiger charge is -2.16. The largest absolute Gasteiger partial charge is 0.493 e. The Hall–Kier alpha value is -3.49. The Morgan fingerprint density at radius 1 is 1.04 bits per heavy atom. The van der Waals surface area contributed by atoms with Gasteiger partial charge in [0.25, 0.3) is 0 Å². The highest BCUT2D eigenvalue weighted by atomic mass is 16.5. The maximum atomic E-state index is 11.4. The molecule has 0 aliphatic rings. The Labute approximate surface area is 142 Å². The molecule has 0 atom stereocenters. The number of nitrogens with zero attached hydrogens (tertiary/aromatic N) is 3. The maximum absolute atomic E-state index is 11.4. The van der Waals surface area contributed by atoms with Crippen molar-refractivity contribution in [2.75, 3.05) is 27.1 Å². The second-order valence-corrected chi connectivity index (χ2v) is 5.02. The van der Waals surface area contributed by atoms with E-state index in [1.165, 1.54) is 31.9 Å². The number of carbonyl (C=O) groups is 1. The van der Waals surface area contributed by atoms with Gasteiger partial charge in [-0.25, -0.2) is 9.31 Å². The number of hydrogen-bond acceptors (Lipinski definition) is 7. The summed E-state index contributed by atoms with van der Waals surface area (Å²) in [6.45, 7) is 0. The van der Waals surface area contributed by atoms with Crippen LogP contribution in [0, 0.1) is 0 Å². The minimum atomic E-state index is -1.14. The molecule has 3 rings (SSSR count). The quantitative estimate of drug-likeness (QED) is 0.717. The predicted molar refractivity (Wildman–Crippen MR) is 89.5 cm³/mol. The van der Waals surface area contributed by atoms with E-state index in [2.05, 4.69) is 10.1 Å². The summed E-state index contributed by atoms with van der Waals surface area (Å²) in [5.74, 6) is 0.168. The molecular formula is C16H16N4O5. The number of aromatic nitrogens is 3. The van der Waals surface area contributed by atoms with Crippen molar-refractivity contribution in [3.8, 4) is 28.4 Å². The van der Waals surface area contributed by atoms with Crippen LogP contribution in [0.3, 0.4) is 0 Å². The molecule has 9 nitrogen and oxygen atoms in total. The minimum Gasteiger partial charge on any atom is -0.493 e. The Morgan fingerprint density at radius 3 is 2.32 bits per heavy atom. The molecule has 3 aromatic rings. The Morgan fingerprint density at radius 2 is 1.72 bits per heavy atom. The SMILES string of the molecule is COc1ccc(-c2ccc(C(=O)O)n3nc(N)nc23)c(OC)c1OC. The Kier molecular flexibility index (Phi) is 4.05. The molecule has 0 saturated heterocycles. The number of pyridine rings is 1. The molecule has 0 unspecified atom stereocenters. The molecule has 130 valence electrons. The fourth-order valence-corrected chi connectivity index (χ4v) is 2.66. The van der Waals surface area contributed by atoms with E-state index in [0.29, 0.717) is 34.0 Å². The number of carboxylic acid groups (broad SMARTS) is 1. The van der Waals surface area contributed by atoms with Gasteiger partial charge in [0.15, 0.2) is 22.8 Å². The van der Waals surface area contributed by atoms with E-state index in [1.54, 1.807) is 18.2 Å². The Bertz CT molecular complexity index is 967. The van der Waals surface area contributed by atoms with Crippen molar-refractivity contribution in [3.05, 3.63) is 30.0 Å². The van der Waals surface area contributed by atoms with Gasteiger partial charge in [-0.2, -0.15) is 4.98 Å². The van der Waals surface area contributed by atoms with Crippen molar-refractivity contribution in [1.29, 1.82) is 0 Å². The van der Waals surface area contributed by atoms with Gasteiger partial charge >= 0.3 is 5.97 Å². The number of methoxy groups -OCH3 is 3. The van der Waals surface area contributed by atoms with Crippen LogP contribution in [-0.2, 0) is 0 Å². The van der Waals surface area contributed by atoms with E-state index in [1.807, 2.05) is 0 Å². The fourth-order valence-electron chi connectivity index (χ4n) is 2.66. The average molecular weight is 344 g/mol. The highest BCUT2D eigenvalue weighted by Gasteiger charge is 2.22. The van der Waals surface area contributed by atoms with Gasteiger partial charge in [0.05, 0.1) is 21.3 Å². The van der Waals surface area contributed by atoms with Crippen LogP contribution >= 0.6 is 0 Å². The maximum Gasteiger partial charge on any atom is 0.354 e. The van der Waals surface area contributed by atoms with E-state index in [4.69, 9.17) is 19.9 Å². The molecule has 0 radical (unpaired) electrons. The number of anilines is 1. The zero-order chi connectivity index (χ0) is 18.1. The monoisotopic (exact) mass is 344 g/mol. The molecule has 0 aliphatic carbocycles. The molecule has 2 heterocycles. The van der Waals surface area contributed by atoms with Gasteiger partial charge in [-0.05, 0) is 24.3 Å². The molecule has 0 spiro atoms. The van der Waals surface area contributed by atoms with Crippen molar-refractivity contribution >= 4 is 17.6 Å². The highest BCUT2D eigenvalue weighted by molar-refractivity contribution is 5.91. The van der Waals surface area contributed by atoms with Gasteiger partial charge in [0, 0.05) is 11.1 Å². The second kappa shape index (κ2) is 6.19. The third-order valence-electron chi connectivity index (χ3n) is 3.71. The molecule has 9 heteroatoms. The minimum absolute atomic E-state index is 0.0330. The number of nitrogen functional groups attached to an aromatic ring is 1. The topological polar surface area (TPSA) is 121 Å². The Balaban J connectivity index is 2.34. The van der Waals surface area contributed by atoms with Crippen LogP contribution < -0.4 is 19.9 Å². The summed E-state index contributed by atoms with van der Waals surface area (Å²) < 4.78 is 17.3. The number of hydrogen-bond donors (Lipinski definition) is 2. The average Bonchev–Trinajstić information content (AvgIpc) is 3.00. The number of ether oxygens (including phenoxy) is 3. The normalized spacial score (nSPS) is 10.7. The van der Waals surface area contributed by atoms with Crippen LogP contribution in [-0.4, -0.2) is 47.0 Å². The van der Waals surface area contributed by atoms with Gasteiger partial charge in [0.2, 0.25) is 11.7 Å². The predicted octanol–water partition coefficient (Wildman–Crippen LogP) is 1.70. The van der Waals surface area contributed by atoms with Gasteiger partial charge in [-0.3, -0.25) is 0 Å². The summed E-state index contributed by atoms with van der Waals surface area (Å²) in [6, 6.07) is 6.53. The summed E-state index contributed by atoms with van der Waals surface area (Å²) in [4.78, 5) is 15.5. The summed E-state index contributed by atoms with van der Waals surface area (Å²) in [6.07, 6.45) is 0. The number of nitrogens with two attached hydrogens (primary N) is 1. The van der Waals surface area contributed by atoms with Crippen LogP contribution in [0.4, 0.5) is 5.95 Å². The smallest absolute Gasteiger partial charge is 0.354 e. The molecule has 0 saturated carbocycles. The van der Waals surface area contributed by atoms with E-state index in [0.717, 1.165) is 0 Å². The molecule has 25 heavy (non-hydrogen) atoms. The zero-order valence-corrected chi connectivity index (χ0v) is 13.8. The first-order chi connectivity index (χ1) is 12.0. The van der Waals surface area contributed by atoms with E-state index >= 15 is 0 Å². The first-order valence-corrected chi connectivity index (χ1v) is 7.19. The number of aromatic carboxylic acids is 1. The highest BCUT2D eigenvalue weighted by Crippen LogP contribution is 2.45. The summed E-state index contributed by atoms with van der Waals surface area (Å²) in [5.41, 5.74) is 7.13. The van der Waals surface area contributed by atoms with E-state index in [9.17, 15) is 9.90 Å². The lowest BCUT2D eigenvalue weighted by atomic mass is 10.0. The summed E-state index contributed by atoms with van der Waals surface area (Å²) in [5, 5.41) is 13.3. The fraction of sp³-hybridized carbons (Fsp3) is 0.188. The van der Waals surface area contributed by atoms with Crippen LogP contribution in [0.15, 0.2) is 24.3 Å². The van der Waals surface area contributed by atoms with Crippen molar-refractivity contribution in [2.45, 2.75) is 0 Å². The molecule has 3 N–H and O–H groups in total. The lowest BCUT2D eigenvalue weighted by Crippen LogP contribution is -2.07. The lowest BCUT2D eigenvalue weighted by molar-refractivity contribution is 0.0687. The molecule has 1 aromatic carbocycles. The van der Waals surface area contributed by atoms with Gasteiger partial charge in [-0.1, -0.05) is 0 Å². The second-order valence-electron chi connectivity index (χ2n) is 5.02. The van der Waals surface area contributed by atoms with Gasteiger partial charge < -0.3 is 25.1 Å². The molecular weight excluding hydrogens is 328 g/mol. The van der Waals surface area contributed by atoms with Crippen molar-refractivity contribution in [1.82, 2.24) is 14.6 Å².